The summed E-state index contributed by atoms with van der Waals surface area (Å²) >= 11 is 0. The summed E-state index contributed by atoms with van der Waals surface area (Å²) in [5.41, 5.74) is 2.93. The van der Waals surface area contributed by atoms with E-state index >= 15 is 0 Å². The Morgan fingerprint density at radius 3 is 2.64 bits per heavy atom. The monoisotopic (exact) mass is 189 g/mol. The van der Waals surface area contributed by atoms with Crippen LogP contribution in [-0.2, 0) is 6.42 Å². The summed E-state index contributed by atoms with van der Waals surface area (Å²) in [4.78, 5) is 0. The van der Waals surface area contributed by atoms with E-state index in [1.165, 1.54) is 43.4 Å². The predicted molar refractivity (Wildman–Crippen MR) is 60.4 cm³/mol. The molecule has 1 aliphatic heterocycles. The van der Waals surface area contributed by atoms with Gasteiger partial charge in [-0.25, -0.2) is 0 Å². The Balaban J connectivity index is 2.05. The molecule has 1 aromatic carbocycles. The van der Waals surface area contributed by atoms with E-state index in [2.05, 4.69) is 36.5 Å². The molecule has 1 fully saturated rings. The van der Waals surface area contributed by atoms with Crippen molar-refractivity contribution < 1.29 is 0 Å². The minimum Gasteiger partial charge on any atom is -0.310 e. The van der Waals surface area contributed by atoms with E-state index < -0.39 is 0 Å². The minimum atomic E-state index is 0.616. The van der Waals surface area contributed by atoms with Crippen LogP contribution in [-0.4, -0.2) is 6.54 Å². The highest BCUT2D eigenvalue weighted by Crippen LogP contribution is 2.23. The molecule has 0 aromatic heterocycles. The lowest BCUT2D eigenvalue weighted by Gasteiger charge is -2.10. The van der Waals surface area contributed by atoms with Crippen molar-refractivity contribution in [2.24, 2.45) is 0 Å². The van der Waals surface area contributed by atoms with Gasteiger partial charge >= 0.3 is 0 Å². The third kappa shape index (κ3) is 2.16. The van der Waals surface area contributed by atoms with E-state index in [1.54, 1.807) is 0 Å². The molecule has 1 nitrogen and oxygen atoms in total. The van der Waals surface area contributed by atoms with Gasteiger partial charge in [0.25, 0.3) is 0 Å². The summed E-state index contributed by atoms with van der Waals surface area (Å²) in [6.45, 7) is 3.41. The zero-order chi connectivity index (χ0) is 9.80. The molecule has 0 unspecified atom stereocenters. The van der Waals surface area contributed by atoms with Gasteiger partial charge in [-0.05, 0) is 36.9 Å². The van der Waals surface area contributed by atoms with Gasteiger partial charge in [-0.1, -0.05) is 37.6 Å². The molecule has 0 saturated carbocycles. The van der Waals surface area contributed by atoms with Gasteiger partial charge in [-0.2, -0.15) is 0 Å². The van der Waals surface area contributed by atoms with Gasteiger partial charge in [0.05, 0.1) is 0 Å². The summed E-state index contributed by atoms with van der Waals surface area (Å²) in [6, 6.07) is 9.74. The lowest BCUT2D eigenvalue weighted by atomic mass is 10.0. The highest BCUT2D eigenvalue weighted by Gasteiger charge is 2.15. The zero-order valence-electron chi connectivity index (χ0n) is 8.92. The third-order valence-corrected chi connectivity index (χ3v) is 2.98. The van der Waals surface area contributed by atoms with Crippen molar-refractivity contribution in [1.82, 2.24) is 5.32 Å². The van der Waals surface area contributed by atoms with E-state index in [0.29, 0.717) is 6.04 Å². The first kappa shape index (κ1) is 9.72. The maximum atomic E-state index is 3.52. The van der Waals surface area contributed by atoms with Crippen LogP contribution in [0.3, 0.4) is 0 Å². The van der Waals surface area contributed by atoms with Gasteiger partial charge in [0.15, 0.2) is 0 Å². The summed E-state index contributed by atoms with van der Waals surface area (Å²) in [5.74, 6) is 0. The largest absolute Gasteiger partial charge is 0.310 e. The van der Waals surface area contributed by atoms with Crippen LogP contribution in [0.2, 0.25) is 0 Å². The van der Waals surface area contributed by atoms with Gasteiger partial charge in [0.1, 0.15) is 0 Å². The standard InChI is InChI=1S/C13H19N/c1-2-4-11-6-8-12(9-7-11)13-5-3-10-14-13/h6-9,13-14H,2-5,10H2,1H3/t13-/m1/s1. The second kappa shape index (κ2) is 4.61. The number of nitrogens with one attached hydrogen (secondary N) is 1. The van der Waals surface area contributed by atoms with Gasteiger partial charge in [-0.3, -0.25) is 0 Å². The van der Waals surface area contributed by atoms with Crippen molar-refractivity contribution in [3.63, 3.8) is 0 Å². The van der Waals surface area contributed by atoms with E-state index in [9.17, 15) is 0 Å². The van der Waals surface area contributed by atoms with E-state index in [0.717, 1.165) is 0 Å². The summed E-state index contributed by atoms with van der Waals surface area (Å²) in [7, 11) is 0. The Morgan fingerprint density at radius 1 is 1.29 bits per heavy atom. The van der Waals surface area contributed by atoms with E-state index in [1.807, 2.05) is 0 Å². The first-order valence-corrected chi connectivity index (χ1v) is 5.72. The van der Waals surface area contributed by atoms with Crippen LogP contribution < -0.4 is 5.32 Å². The minimum absolute atomic E-state index is 0.616. The zero-order valence-corrected chi connectivity index (χ0v) is 8.92. The molecular formula is C13H19N. The van der Waals surface area contributed by atoms with Crippen LogP contribution in [0.5, 0.6) is 0 Å². The average molecular weight is 189 g/mol. The van der Waals surface area contributed by atoms with Crippen molar-refractivity contribution in [2.45, 2.75) is 38.6 Å². The smallest absolute Gasteiger partial charge is 0.0320 e. The van der Waals surface area contributed by atoms with Crippen molar-refractivity contribution in [3.05, 3.63) is 35.4 Å². The molecule has 14 heavy (non-hydrogen) atoms. The highest BCUT2D eigenvalue weighted by molar-refractivity contribution is 5.25. The molecule has 1 heteroatoms. The molecule has 0 spiro atoms. The van der Waals surface area contributed by atoms with Gasteiger partial charge < -0.3 is 5.32 Å². The number of aryl methyl sites for hydroxylation is 1. The topological polar surface area (TPSA) is 12.0 Å². The summed E-state index contributed by atoms with van der Waals surface area (Å²) in [6.07, 6.45) is 5.06. The molecule has 0 radical (unpaired) electrons. The van der Waals surface area contributed by atoms with Crippen molar-refractivity contribution >= 4 is 0 Å². The molecule has 2 rings (SSSR count). The second-order valence-electron chi connectivity index (χ2n) is 4.14. The molecule has 1 aromatic rings. The lowest BCUT2D eigenvalue weighted by molar-refractivity contribution is 0.647. The molecule has 1 aliphatic rings. The van der Waals surface area contributed by atoms with Crippen LogP contribution >= 0.6 is 0 Å². The van der Waals surface area contributed by atoms with Crippen LogP contribution in [0.1, 0.15) is 43.4 Å². The molecule has 76 valence electrons. The van der Waals surface area contributed by atoms with Crippen LogP contribution in [0.25, 0.3) is 0 Å². The SMILES string of the molecule is CCCc1ccc([C@H]2CCCN2)cc1. The van der Waals surface area contributed by atoms with Gasteiger partial charge in [0.2, 0.25) is 0 Å². The lowest BCUT2D eigenvalue weighted by Crippen LogP contribution is -2.12. The fourth-order valence-electron chi connectivity index (χ4n) is 2.17. The first-order chi connectivity index (χ1) is 6.90. The quantitative estimate of drug-likeness (QED) is 0.770. The summed E-state index contributed by atoms with van der Waals surface area (Å²) in [5, 5.41) is 3.52. The normalized spacial score (nSPS) is 21.4. The average Bonchev–Trinajstić information content (AvgIpc) is 2.72. The molecule has 0 bridgehead atoms. The maximum Gasteiger partial charge on any atom is 0.0320 e. The van der Waals surface area contributed by atoms with Crippen molar-refractivity contribution in [1.29, 1.82) is 0 Å². The van der Waals surface area contributed by atoms with E-state index in [-0.39, 0.29) is 0 Å². The Kier molecular flexibility index (Phi) is 3.20. The number of benzene rings is 1. The molecule has 1 N–H and O–H groups in total. The van der Waals surface area contributed by atoms with Gasteiger partial charge in [0, 0.05) is 6.04 Å². The number of hydrogen-bond donors (Lipinski definition) is 1. The molecule has 1 heterocycles. The van der Waals surface area contributed by atoms with Gasteiger partial charge in [-0.15, -0.1) is 0 Å². The molecule has 1 atom stereocenters. The fraction of sp³-hybridized carbons (Fsp3) is 0.538. The Labute approximate surface area is 86.5 Å². The van der Waals surface area contributed by atoms with Crippen molar-refractivity contribution in [2.75, 3.05) is 6.54 Å². The number of hydrogen-bond acceptors (Lipinski definition) is 1. The predicted octanol–water partition coefficient (Wildman–Crippen LogP) is 3.06. The van der Waals surface area contributed by atoms with Crippen molar-refractivity contribution in [3.8, 4) is 0 Å². The summed E-state index contributed by atoms with van der Waals surface area (Å²) < 4.78 is 0. The van der Waals surface area contributed by atoms with E-state index in [4.69, 9.17) is 0 Å². The number of rotatable bonds is 3. The molecular weight excluding hydrogens is 170 g/mol. The maximum absolute atomic E-state index is 3.52. The van der Waals surface area contributed by atoms with Crippen LogP contribution in [0.15, 0.2) is 24.3 Å². The highest BCUT2D eigenvalue weighted by atomic mass is 14.9. The molecule has 0 amide bonds. The fourth-order valence-corrected chi connectivity index (χ4v) is 2.17. The Bertz CT molecular complexity index is 270. The molecule has 1 saturated heterocycles. The Morgan fingerprint density at radius 2 is 2.07 bits per heavy atom. The molecule has 0 aliphatic carbocycles. The second-order valence-corrected chi connectivity index (χ2v) is 4.14. The van der Waals surface area contributed by atoms with Crippen LogP contribution in [0.4, 0.5) is 0 Å². The van der Waals surface area contributed by atoms with Crippen LogP contribution in [0, 0.1) is 0 Å². The Hall–Kier alpha value is -0.820. The first-order valence-electron chi connectivity index (χ1n) is 5.72. The third-order valence-electron chi connectivity index (χ3n) is 2.98.